The van der Waals surface area contributed by atoms with E-state index < -0.39 is 0 Å². The van der Waals surface area contributed by atoms with Gasteiger partial charge >= 0.3 is 0 Å². The van der Waals surface area contributed by atoms with Crippen molar-refractivity contribution in [2.75, 3.05) is 20.1 Å². The van der Waals surface area contributed by atoms with Crippen LogP contribution in [0.4, 0.5) is 0 Å². The number of benzene rings is 1. The number of hydrogen-bond acceptors (Lipinski definition) is 2. The number of rotatable bonds is 3. The maximum atomic E-state index is 12.8. The molecule has 1 aliphatic carbocycles. The van der Waals surface area contributed by atoms with Gasteiger partial charge in [-0.25, -0.2) is 0 Å². The molecular weight excluding hydrogens is 260 g/mol. The Labute approximate surface area is 127 Å². The van der Waals surface area contributed by atoms with Gasteiger partial charge in [0.25, 0.3) is 0 Å². The van der Waals surface area contributed by atoms with Gasteiger partial charge in [0.1, 0.15) is 0 Å². The largest absolute Gasteiger partial charge is 0.339 e. The molecule has 1 saturated carbocycles. The van der Waals surface area contributed by atoms with Crippen molar-refractivity contribution in [3.63, 3.8) is 0 Å². The van der Waals surface area contributed by atoms with Crippen LogP contribution in [0.5, 0.6) is 0 Å². The van der Waals surface area contributed by atoms with E-state index in [1.165, 1.54) is 11.1 Å². The molecule has 1 aromatic rings. The predicted molar refractivity (Wildman–Crippen MR) is 85.0 cm³/mol. The Kier molecular flexibility index (Phi) is 3.78. The molecule has 3 heteroatoms. The molecule has 114 valence electrons. The van der Waals surface area contributed by atoms with Crippen LogP contribution in [-0.2, 0) is 4.79 Å². The third kappa shape index (κ3) is 2.71. The van der Waals surface area contributed by atoms with E-state index in [0.29, 0.717) is 11.3 Å². The number of amides is 1. The molecule has 2 unspecified atom stereocenters. The van der Waals surface area contributed by atoms with Crippen LogP contribution in [0.25, 0.3) is 0 Å². The van der Waals surface area contributed by atoms with Crippen LogP contribution in [-0.4, -0.2) is 30.9 Å². The second kappa shape index (κ2) is 5.45. The van der Waals surface area contributed by atoms with Crippen LogP contribution in [0, 0.1) is 18.3 Å². The Bertz CT molecular complexity index is 517. The van der Waals surface area contributed by atoms with E-state index in [0.717, 1.165) is 32.4 Å². The third-order valence-electron chi connectivity index (χ3n) is 5.58. The van der Waals surface area contributed by atoms with Crippen LogP contribution >= 0.6 is 0 Å². The molecule has 0 aromatic heterocycles. The van der Waals surface area contributed by atoms with Crippen molar-refractivity contribution in [3.05, 3.63) is 35.4 Å². The van der Waals surface area contributed by atoms with Gasteiger partial charge in [-0.2, -0.15) is 0 Å². The highest BCUT2D eigenvalue weighted by Crippen LogP contribution is 2.59. The summed E-state index contributed by atoms with van der Waals surface area (Å²) in [5.74, 6) is 0.600. The summed E-state index contributed by atoms with van der Waals surface area (Å²) in [5, 5.41) is 3.40. The van der Waals surface area contributed by atoms with Crippen molar-refractivity contribution in [1.29, 1.82) is 0 Å². The number of hydrogen-bond donors (Lipinski definition) is 1. The average Bonchev–Trinajstić information content (AvgIpc) is 3.19. The zero-order valence-electron chi connectivity index (χ0n) is 13.4. The third-order valence-corrected chi connectivity index (χ3v) is 5.58. The van der Waals surface area contributed by atoms with Crippen molar-refractivity contribution < 1.29 is 4.79 Å². The first-order valence-electron chi connectivity index (χ1n) is 8.07. The first-order valence-corrected chi connectivity index (χ1v) is 8.07. The van der Waals surface area contributed by atoms with Gasteiger partial charge in [-0.15, -0.1) is 0 Å². The van der Waals surface area contributed by atoms with Crippen molar-refractivity contribution >= 4 is 5.91 Å². The minimum Gasteiger partial charge on any atom is -0.339 e. The molecule has 1 aliphatic heterocycles. The van der Waals surface area contributed by atoms with Crippen molar-refractivity contribution in [2.24, 2.45) is 11.3 Å². The SMILES string of the molecule is Cc1ccc(C(C)N(C)C(=O)C2CC23CCNCC3)cc1. The number of nitrogens with zero attached hydrogens (tertiary/aromatic N) is 1. The zero-order valence-corrected chi connectivity index (χ0v) is 13.4. The molecule has 1 heterocycles. The van der Waals surface area contributed by atoms with Gasteiger partial charge in [0.2, 0.25) is 5.91 Å². The van der Waals surface area contributed by atoms with Crippen LogP contribution in [0.15, 0.2) is 24.3 Å². The zero-order chi connectivity index (χ0) is 15.0. The fraction of sp³-hybridized carbons (Fsp3) is 0.611. The van der Waals surface area contributed by atoms with E-state index in [1.54, 1.807) is 0 Å². The van der Waals surface area contributed by atoms with Crippen molar-refractivity contribution in [2.45, 2.75) is 39.2 Å². The molecule has 21 heavy (non-hydrogen) atoms. The normalized spacial score (nSPS) is 24.6. The van der Waals surface area contributed by atoms with Gasteiger partial charge < -0.3 is 10.2 Å². The Morgan fingerprint density at radius 1 is 1.29 bits per heavy atom. The van der Waals surface area contributed by atoms with Gasteiger partial charge in [0.15, 0.2) is 0 Å². The fourth-order valence-electron chi connectivity index (χ4n) is 3.68. The first kappa shape index (κ1) is 14.6. The quantitative estimate of drug-likeness (QED) is 0.926. The number of piperidine rings is 1. The molecule has 3 rings (SSSR count). The summed E-state index contributed by atoms with van der Waals surface area (Å²) in [6.07, 6.45) is 3.42. The highest BCUT2D eigenvalue weighted by Gasteiger charge is 2.58. The Hall–Kier alpha value is -1.35. The number of carbonyl (C=O) groups is 1. The summed E-state index contributed by atoms with van der Waals surface area (Å²) >= 11 is 0. The van der Waals surface area contributed by atoms with Crippen LogP contribution in [0.2, 0.25) is 0 Å². The summed E-state index contributed by atoms with van der Waals surface area (Å²) in [5.41, 5.74) is 2.80. The lowest BCUT2D eigenvalue weighted by Crippen LogP contribution is -2.35. The second-order valence-electron chi connectivity index (χ2n) is 6.90. The van der Waals surface area contributed by atoms with E-state index in [4.69, 9.17) is 0 Å². The van der Waals surface area contributed by atoms with Crippen LogP contribution in [0.3, 0.4) is 0 Å². The molecule has 2 atom stereocenters. The minimum absolute atomic E-state index is 0.150. The maximum absolute atomic E-state index is 12.8. The summed E-state index contributed by atoms with van der Waals surface area (Å²) in [6, 6.07) is 8.66. The maximum Gasteiger partial charge on any atom is 0.226 e. The van der Waals surface area contributed by atoms with Gasteiger partial charge in [-0.3, -0.25) is 4.79 Å². The van der Waals surface area contributed by atoms with Crippen molar-refractivity contribution in [3.8, 4) is 0 Å². The second-order valence-corrected chi connectivity index (χ2v) is 6.90. The highest BCUT2D eigenvalue weighted by atomic mass is 16.2. The average molecular weight is 286 g/mol. The topological polar surface area (TPSA) is 32.3 Å². The molecule has 0 bridgehead atoms. The van der Waals surface area contributed by atoms with E-state index >= 15 is 0 Å². The molecular formula is C18H26N2O. The Balaban J connectivity index is 1.66. The number of carbonyl (C=O) groups excluding carboxylic acids is 1. The van der Waals surface area contributed by atoms with Gasteiger partial charge in [0.05, 0.1) is 6.04 Å². The van der Waals surface area contributed by atoms with E-state index in [2.05, 4.69) is 43.4 Å². The number of nitrogens with one attached hydrogen (secondary N) is 1. The molecule has 1 N–H and O–H groups in total. The molecule has 2 aliphatic rings. The van der Waals surface area contributed by atoms with E-state index in [9.17, 15) is 4.79 Å². The lowest BCUT2D eigenvalue weighted by atomic mass is 9.91. The van der Waals surface area contributed by atoms with Crippen LogP contribution < -0.4 is 5.32 Å². The molecule has 1 aromatic carbocycles. The Morgan fingerprint density at radius 2 is 1.90 bits per heavy atom. The van der Waals surface area contributed by atoms with Gasteiger partial charge in [-0.1, -0.05) is 29.8 Å². The molecule has 1 amide bonds. The lowest BCUT2D eigenvalue weighted by molar-refractivity contribution is -0.134. The Morgan fingerprint density at radius 3 is 2.52 bits per heavy atom. The highest BCUT2D eigenvalue weighted by molar-refractivity contribution is 5.83. The van der Waals surface area contributed by atoms with Crippen LogP contribution in [0.1, 0.15) is 43.4 Å². The standard InChI is InChI=1S/C18H26N2O/c1-13-4-6-15(7-5-13)14(2)20(3)17(21)16-12-18(16)8-10-19-11-9-18/h4-7,14,16,19H,8-12H2,1-3H3. The molecule has 2 fully saturated rings. The van der Waals surface area contributed by atoms with E-state index in [1.807, 2.05) is 11.9 Å². The van der Waals surface area contributed by atoms with E-state index in [-0.39, 0.29) is 12.0 Å². The predicted octanol–water partition coefficient (Wildman–Crippen LogP) is 2.90. The summed E-state index contributed by atoms with van der Waals surface area (Å²) in [6.45, 7) is 6.36. The van der Waals surface area contributed by atoms with Crippen molar-refractivity contribution in [1.82, 2.24) is 10.2 Å². The smallest absolute Gasteiger partial charge is 0.226 e. The molecule has 1 spiro atoms. The molecule has 0 radical (unpaired) electrons. The fourth-order valence-corrected chi connectivity index (χ4v) is 3.68. The summed E-state index contributed by atoms with van der Waals surface area (Å²) in [7, 11) is 1.96. The van der Waals surface area contributed by atoms with Gasteiger partial charge in [-0.05, 0) is 57.2 Å². The minimum atomic E-state index is 0.150. The lowest BCUT2D eigenvalue weighted by Gasteiger charge is -2.28. The first-order chi connectivity index (χ1) is 10.0. The van der Waals surface area contributed by atoms with Gasteiger partial charge in [0, 0.05) is 13.0 Å². The monoisotopic (exact) mass is 286 g/mol. The molecule has 1 saturated heterocycles. The number of aryl methyl sites for hydroxylation is 1. The molecule has 3 nitrogen and oxygen atoms in total. The summed E-state index contributed by atoms with van der Waals surface area (Å²) < 4.78 is 0. The summed E-state index contributed by atoms with van der Waals surface area (Å²) in [4.78, 5) is 14.7.